The molecule has 3 aromatic heterocycles. The zero-order valence-electron chi connectivity index (χ0n) is 20.1. The molecule has 0 aliphatic carbocycles. The lowest BCUT2D eigenvalue weighted by Crippen LogP contribution is -2.49. The Morgan fingerprint density at radius 1 is 1.19 bits per heavy atom. The molecule has 186 valence electrons. The first-order valence-corrected chi connectivity index (χ1v) is 12.8. The van der Waals surface area contributed by atoms with Crippen LogP contribution in [0.2, 0.25) is 0 Å². The molecule has 2 amide bonds. The summed E-state index contributed by atoms with van der Waals surface area (Å²) < 4.78 is 0. The molecule has 36 heavy (non-hydrogen) atoms. The van der Waals surface area contributed by atoms with Crippen LogP contribution in [0.3, 0.4) is 0 Å². The van der Waals surface area contributed by atoms with E-state index < -0.39 is 6.04 Å². The van der Waals surface area contributed by atoms with Crippen molar-refractivity contribution in [1.29, 1.82) is 0 Å². The minimum atomic E-state index is -0.419. The summed E-state index contributed by atoms with van der Waals surface area (Å²) in [5.41, 5.74) is 1.06. The van der Waals surface area contributed by atoms with E-state index in [-0.39, 0.29) is 17.9 Å². The Kier molecular flexibility index (Phi) is 6.90. The summed E-state index contributed by atoms with van der Waals surface area (Å²) in [7, 11) is 0. The van der Waals surface area contributed by atoms with Gasteiger partial charge >= 0.3 is 0 Å². The largest absolute Gasteiger partial charge is 0.354 e. The Labute approximate surface area is 213 Å². The third-order valence-electron chi connectivity index (χ3n) is 6.40. The molecule has 3 aromatic rings. The number of likely N-dealkylation sites (tertiary alicyclic amines) is 1. The number of aromatic nitrogens is 4. The second-order valence-corrected chi connectivity index (χ2v) is 9.91. The number of carbonyl (C=O) groups excluding carboxylic acids is 2. The van der Waals surface area contributed by atoms with E-state index in [1.807, 2.05) is 31.3 Å². The quantitative estimate of drug-likeness (QED) is 0.472. The van der Waals surface area contributed by atoms with Crippen LogP contribution in [-0.2, 0) is 9.59 Å². The monoisotopic (exact) mass is 504 g/mol. The number of thiazole rings is 1. The fourth-order valence-corrected chi connectivity index (χ4v) is 5.50. The van der Waals surface area contributed by atoms with Crippen molar-refractivity contribution in [1.82, 2.24) is 30.2 Å². The zero-order chi connectivity index (χ0) is 25.1. The van der Waals surface area contributed by atoms with Gasteiger partial charge in [-0.05, 0) is 50.0 Å². The summed E-state index contributed by atoms with van der Waals surface area (Å²) in [6.45, 7) is 7.42. The number of rotatable bonds is 7. The van der Waals surface area contributed by atoms with Gasteiger partial charge in [0.2, 0.25) is 11.8 Å². The normalized spacial score (nSPS) is 19.4. The van der Waals surface area contributed by atoms with Gasteiger partial charge in [0.15, 0.2) is 5.13 Å². The fraction of sp³-hybridized carbons (Fsp3) is 0.360. The van der Waals surface area contributed by atoms with Crippen LogP contribution < -0.4 is 15.5 Å². The first kappa shape index (κ1) is 23.9. The average Bonchev–Trinajstić information content (AvgIpc) is 3.65. The molecular formula is C25H28N8O2S. The lowest BCUT2D eigenvalue weighted by Gasteiger charge is -2.24. The van der Waals surface area contributed by atoms with Gasteiger partial charge in [0.25, 0.3) is 0 Å². The van der Waals surface area contributed by atoms with Gasteiger partial charge in [-0.15, -0.1) is 0 Å². The Balaban J connectivity index is 1.22. The number of carbonyl (C=O) groups is 2. The third-order valence-corrected chi connectivity index (χ3v) is 7.36. The summed E-state index contributed by atoms with van der Waals surface area (Å²) in [4.78, 5) is 47.4. The van der Waals surface area contributed by atoms with E-state index in [2.05, 4.69) is 42.0 Å². The Hall–Kier alpha value is -3.86. The molecule has 0 unspecified atom stereocenters. The molecule has 5 rings (SSSR count). The third kappa shape index (κ3) is 5.20. The molecular weight excluding hydrogens is 476 g/mol. The van der Waals surface area contributed by atoms with Crippen molar-refractivity contribution in [3.05, 3.63) is 55.3 Å². The highest BCUT2D eigenvalue weighted by molar-refractivity contribution is 7.18. The molecule has 2 aliphatic heterocycles. The van der Waals surface area contributed by atoms with Crippen LogP contribution >= 0.6 is 11.3 Å². The van der Waals surface area contributed by atoms with Crippen LogP contribution in [0.25, 0.3) is 10.4 Å². The number of nitrogens with zero attached hydrogens (tertiary/aromatic N) is 6. The fourth-order valence-electron chi connectivity index (χ4n) is 4.67. The van der Waals surface area contributed by atoms with Crippen molar-refractivity contribution in [2.24, 2.45) is 0 Å². The summed E-state index contributed by atoms with van der Waals surface area (Å²) >= 11 is 1.54. The standard InChI is InChI=1S/C25H28N8O2S/c1-3-23(34)33-11-4-5-19(33)24(35)30-18-8-12-32(15-18)22-13-21(28-16(2)29-22)31-25-27-14-20(36-25)17-6-9-26-10-7-17/h3,6-7,9-10,13-14,18-19H,1,4-5,8,11-12,15H2,2H3,(H,30,35)(H,27,28,29,31)/t18-,19-/m0/s1. The number of nitrogens with one attached hydrogen (secondary N) is 2. The molecule has 0 radical (unpaired) electrons. The predicted octanol–water partition coefficient (Wildman–Crippen LogP) is 2.92. The SMILES string of the molecule is C=CC(=O)N1CCC[C@H]1C(=O)N[C@H]1CCN(c2cc(Nc3ncc(-c4ccncc4)s3)nc(C)n2)C1. The zero-order valence-corrected chi connectivity index (χ0v) is 20.9. The molecule has 2 atom stereocenters. The first-order valence-electron chi connectivity index (χ1n) is 12.0. The summed E-state index contributed by atoms with van der Waals surface area (Å²) in [5.74, 6) is 1.84. The number of hydrogen-bond acceptors (Lipinski definition) is 9. The van der Waals surface area contributed by atoms with Gasteiger partial charge in [-0.3, -0.25) is 14.6 Å². The number of hydrogen-bond donors (Lipinski definition) is 2. The highest BCUT2D eigenvalue weighted by atomic mass is 32.1. The van der Waals surface area contributed by atoms with Crippen molar-refractivity contribution in [3.8, 4) is 10.4 Å². The predicted molar refractivity (Wildman–Crippen MR) is 139 cm³/mol. The van der Waals surface area contributed by atoms with Crippen LogP contribution in [0.15, 0.2) is 49.4 Å². The van der Waals surface area contributed by atoms with E-state index >= 15 is 0 Å². The molecule has 10 nitrogen and oxygen atoms in total. The highest BCUT2D eigenvalue weighted by Crippen LogP contribution is 2.31. The molecule has 0 saturated carbocycles. The number of anilines is 3. The van der Waals surface area contributed by atoms with E-state index in [0.29, 0.717) is 31.2 Å². The van der Waals surface area contributed by atoms with Gasteiger partial charge in [0.1, 0.15) is 23.5 Å². The highest BCUT2D eigenvalue weighted by Gasteiger charge is 2.35. The molecule has 0 spiro atoms. The van der Waals surface area contributed by atoms with Crippen molar-refractivity contribution >= 4 is 39.9 Å². The molecule has 2 aliphatic rings. The molecule has 2 saturated heterocycles. The second kappa shape index (κ2) is 10.4. The van der Waals surface area contributed by atoms with E-state index in [1.54, 1.807) is 28.6 Å². The summed E-state index contributed by atoms with van der Waals surface area (Å²) in [6, 6.07) is 5.39. The molecule has 5 heterocycles. The molecule has 2 fully saturated rings. The van der Waals surface area contributed by atoms with Gasteiger partial charge in [0, 0.05) is 50.3 Å². The minimum Gasteiger partial charge on any atom is -0.354 e. The first-order chi connectivity index (χ1) is 17.5. The van der Waals surface area contributed by atoms with Gasteiger partial charge in [-0.25, -0.2) is 15.0 Å². The van der Waals surface area contributed by atoms with Gasteiger partial charge in [-0.2, -0.15) is 0 Å². The van der Waals surface area contributed by atoms with Crippen LogP contribution in [0.4, 0.5) is 16.8 Å². The smallest absolute Gasteiger partial charge is 0.246 e. The van der Waals surface area contributed by atoms with Crippen LogP contribution in [0, 0.1) is 6.92 Å². The van der Waals surface area contributed by atoms with E-state index in [1.165, 1.54) is 6.08 Å². The van der Waals surface area contributed by atoms with E-state index in [9.17, 15) is 9.59 Å². The van der Waals surface area contributed by atoms with Crippen molar-refractivity contribution < 1.29 is 9.59 Å². The molecule has 0 bridgehead atoms. The number of amides is 2. The Morgan fingerprint density at radius 3 is 2.83 bits per heavy atom. The molecule has 2 N–H and O–H groups in total. The minimum absolute atomic E-state index is 0.00709. The Morgan fingerprint density at radius 2 is 2.03 bits per heavy atom. The van der Waals surface area contributed by atoms with Crippen molar-refractivity contribution in [2.45, 2.75) is 38.3 Å². The van der Waals surface area contributed by atoms with Crippen molar-refractivity contribution in [3.63, 3.8) is 0 Å². The number of aryl methyl sites for hydroxylation is 1. The molecule has 11 heteroatoms. The lowest BCUT2D eigenvalue weighted by atomic mass is 10.1. The topological polar surface area (TPSA) is 116 Å². The van der Waals surface area contributed by atoms with E-state index in [4.69, 9.17) is 0 Å². The maximum absolute atomic E-state index is 12.9. The van der Waals surface area contributed by atoms with E-state index in [0.717, 1.165) is 40.8 Å². The van der Waals surface area contributed by atoms with Crippen LogP contribution in [0.1, 0.15) is 25.1 Å². The summed E-state index contributed by atoms with van der Waals surface area (Å²) in [6.07, 6.45) is 8.95. The Bertz CT molecular complexity index is 1260. The average molecular weight is 505 g/mol. The molecule has 0 aromatic carbocycles. The maximum atomic E-state index is 12.9. The van der Waals surface area contributed by atoms with Crippen molar-refractivity contribution in [2.75, 3.05) is 29.9 Å². The van der Waals surface area contributed by atoms with Gasteiger partial charge in [0.05, 0.1) is 4.88 Å². The second-order valence-electron chi connectivity index (χ2n) is 8.88. The van der Waals surface area contributed by atoms with Crippen LogP contribution in [-0.4, -0.2) is 68.4 Å². The number of pyridine rings is 1. The van der Waals surface area contributed by atoms with Gasteiger partial charge in [-0.1, -0.05) is 17.9 Å². The maximum Gasteiger partial charge on any atom is 0.246 e. The van der Waals surface area contributed by atoms with Gasteiger partial charge < -0.3 is 20.4 Å². The van der Waals surface area contributed by atoms with Crippen LogP contribution in [0.5, 0.6) is 0 Å². The summed E-state index contributed by atoms with van der Waals surface area (Å²) in [5, 5.41) is 7.18. The lowest BCUT2D eigenvalue weighted by molar-refractivity contribution is -0.135.